The molecule has 3 aliphatic rings. The number of benzene rings is 3. The van der Waals surface area contributed by atoms with Gasteiger partial charge in [0, 0.05) is 30.5 Å². The van der Waals surface area contributed by atoms with E-state index in [0.29, 0.717) is 61.9 Å². The van der Waals surface area contributed by atoms with Crippen LogP contribution in [0, 0.1) is 5.92 Å². The van der Waals surface area contributed by atoms with Gasteiger partial charge in [-0.15, -0.1) is 0 Å². The Kier molecular flexibility index (Phi) is 13.5. The first-order valence-electron chi connectivity index (χ1n) is 17.2. The van der Waals surface area contributed by atoms with Gasteiger partial charge in [0.1, 0.15) is 22.3 Å². The van der Waals surface area contributed by atoms with Gasteiger partial charge in [-0.3, -0.25) is 9.80 Å². The van der Waals surface area contributed by atoms with Crippen LogP contribution in [-0.4, -0.2) is 77.1 Å². The molecule has 0 unspecified atom stereocenters. The molecule has 0 aliphatic carbocycles. The Bertz CT molecular complexity index is 2040. The first-order valence-corrected chi connectivity index (χ1v) is 20.1. The fourth-order valence-corrected chi connectivity index (χ4v) is 8.22. The summed E-state index contributed by atoms with van der Waals surface area (Å²) in [5, 5.41) is 0.770. The van der Waals surface area contributed by atoms with Crippen LogP contribution in [0.4, 0.5) is 10.5 Å². The van der Waals surface area contributed by atoms with E-state index in [0.717, 1.165) is 25.9 Å². The quantitative estimate of drug-likeness (QED) is 0.136. The van der Waals surface area contributed by atoms with Crippen LogP contribution in [0.5, 0.6) is 11.5 Å². The molecule has 1 amide bonds. The number of hydrogen-bond donors (Lipinski definition) is 0. The second kappa shape index (κ2) is 17.8. The number of fused-ring (bicyclic) bond motifs is 3. The topological polar surface area (TPSA) is 156 Å². The van der Waals surface area contributed by atoms with Crippen LogP contribution in [0.3, 0.4) is 0 Å². The highest BCUT2D eigenvalue weighted by Crippen LogP contribution is 2.36. The summed E-state index contributed by atoms with van der Waals surface area (Å²) in [6.45, 7) is 2.78. The monoisotopic (exact) mass is 799 g/mol. The molecule has 0 radical (unpaired) electrons. The van der Waals surface area contributed by atoms with Crippen LogP contribution in [0.15, 0.2) is 79.1 Å². The summed E-state index contributed by atoms with van der Waals surface area (Å²) in [7, 11) is -0.188. The number of methoxy groups -OCH3 is 2. The van der Waals surface area contributed by atoms with Gasteiger partial charge in [-0.25, -0.2) is 23.0 Å². The number of aromatic nitrogens is 1. The number of anilines is 1. The van der Waals surface area contributed by atoms with Gasteiger partial charge in [-0.1, -0.05) is 53.5 Å². The largest absolute Gasteiger partial charge is 0.870 e. The van der Waals surface area contributed by atoms with E-state index in [-0.39, 0.29) is 35.9 Å². The number of amides is 1. The molecule has 1 aromatic heterocycles. The number of halogens is 2. The molecule has 3 fully saturated rings. The SMILES string of the molecule is COc1ccc([C@H](Cc2c(Cl)c[nH+]cc2Cl)OC(=O)c2cccc(CN(C(=O)O[C@H]3CN4CCC3CC4)c3ccc(CS(C)(=O)=O)cc3)c2)cc1OC.[OH-]. The number of rotatable bonds is 13. The molecule has 2 atom stereocenters. The third-order valence-corrected chi connectivity index (χ3v) is 11.2. The average Bonchev–Trinajstić information content (AvgIpc) is 3.15. The Balaban J connectivity index is 0.00000561. The number of piperidine rings is 3. The predicted octanol–water partition coefficient (Wildman–Crippen LogP) is 6.57. The van der Waals surface area contributed by atoms with E-state index < -0.39 is 28.0 Å². The van der Waals surface area contributed by atoms with Gasteiger partial charge in [0.05, 0.1) is 32.1 Å². The molecular weight excluding hydrogens is 757 g/mol. The zero-order valence-electron chi connectivity index (χ0n) is 30.2. The maximum absolute atomic E-state index is 13.9. The van der Waals surface area contributed by atoms with Crippen LogP contribution in [0.1, 0.15) is 51.6 Å². The number of nitrogens with one attached hydrogen (secondary N) is 1. The fraction of sp³-hybridized carbons (Fsp3) is 0.359. The molecule has 7 rings (SSSR count). The van der Waals surface area contributed by atoms with Gasteiger partial charge in [0.25, 0.3) is 0 Å². The molecule has 4 aromatic rings. The van der Waals surface area contributed by atoms with Gasteiger partial charge in [-0.2, -0.15) is 0 Å². The van der Waals surface area contributed by atoms with E-state index in [1.807, 2.05) is 6.07 Å². The first kappa shape index (κ1) is 40.8. The summed E-state index contributed by atoms with van der Waals surface area (Å²) < 4.78 is 47.0. The van der Waals surface area contributed by atoms with Crippen LogP contribution in [0.2, 0.25) is 10.0 Å². The zero-order chi connectivity index (χ0) is 37.7. The molecule has 0 spiro atoms. The minimum atomic E-state index is -3.25. The molecule has 2 bridgehead atoms. The van der Waals surface area contributed by atoms with Crippen molar-refractivity contribution in [2.45, 2.75) is 43.8 Å². The molecule has 0 saturated carbocycles. The number of H-pyrrole nitrogens is 1. The highest BCUT2D eigenvalue weighted by Gasteiger charge is 2.37. The molecule has 15 heteroatoms. The minimum Gasteiger partial charge on any atom is -0.870 e. The van der Waals surface area contributed by atoms with Gasteiger partial charge < -0.3 is 24.4 Å². The van der Waals surface area contributed by atoms with Gasteiger partial charge in [0.15, 0.2) is 33.7 Å². The third kappa shape index (κ3) is 10.0. The number of hydrogen-bond acceptors (Lipinski definition) is 10. The first-order chi connectivity index (χ1) is 25.4. The molecule has 2 N–H and O–H groups in total. The van der Waals surface area contributed by atoms with Crippen molar-refractivity contribution in [2.24, 2.45) is 5.92 Å². The molecule has 3 aliphatic heterocycles. The summed E-state index contributed by atoms with van der Waals surface area (Å²) in [6.07, 6.45) is 4.95. The van der Waals surface area contributed by atoms with E-state index in [9.17, 15) is 18.0 Å². The van der Waals surface area contributed by atoms with Crippen molar-refractivity contribution in [1.82, 2.24) is 4.90 Å². The van der Waals surface area contributed by atoms with Gasteiger partial charge in [0.2, 0.25) is 0 Å². The lowest BCUT2D eigenvalue weighted by molar-refractivity contribution is -0.377. The Labute approximate surface area is 325 Å². The Hall–Kier alpha value is -4.40. The fourth-order valence-electron chi connectivity index (χ4n) is 6.89. The second-order valence-corrected chi connectivity index (χ2v) is 16.4. The van der Waals surface area contributed by atoms with Crippen molar-refractivity contribution in [2.75, 3.05) is 45.0 Å². The molecule has 288 valence electrons. The van der Waals surface area contributed by atoms with Crippen molar-refractivity contribution in [3.05, 3.63) is 117 Å². The zero-order valence-corrected chi connectivity index (χ0v) is 32.5. The number of aromatic amines is 1. The van der Waals surface area contributed by atoms with Crippen molar-refractivity contribution < 1.29 is 47.4 Å². The van der Waals surface area contributed by atoms with Crippen LogP contribution < -0.4 is 19.4 Å². The van der Waals surface area contributed by atoms with Crippen LogP contribution >= 0.6 is 23.2 Å². The highest BCUT2D eigenvalue weighted by molar-refractivity contribution is 7.89. The number of carbonyl (C=O) groups excluding carboxylic acids is 2. The number of carbonyl (C=O) groups is 2. The maximum atomic E-state index is 13.9. The standard InChI is InChI=1S/C39H41Cl2N3O8S.H2O/c1-49-34-12-9-28(18-36(34)50-2)35(19-31-32(40)20-42-21-33(31)41)51-38(45)29-6-4-5-26(17-29)22-44(30-10-7-25(8-11-30)24-53(3,47)48)39(46)52-37-23-43-15-13-27(37)14-16-43;/h4-12,17-18,20-21,27,35,37H,13-16,19,22-24H2,1-3H3;1H2/t35-,37-;/m0./s1. The Morgan fingerprint density at radius 1 is 0.926 bits per heavy atom. The summed E-state index contributed by atoms with van der Waals surface area (Å²) in [5.41, 5.74) is 3.27. The summed E-state index contributed by atoms with van der Waals surface area (Å²) >= 11 is 13.0. The molecule has 12 nitrogen and oxygen atoms in total. The normalized spacial score (nSPS) is 18.2. The van der Waals surface area contributed by atoms with Crippen molar-refractivity contribution >= 4 is 50.8 Å². The lowest BCUT2D eigenvalue weighted by atomic mass is 9.86. The smallest absolute Gasteiger partial charge is 0.414 e. The molecule has 54 heavy (non-hydrogen) atoms. The predicted molar refractivity (Wildman–Crippen MR) is 203 cm³/mol. The summed E-state index contributed by atoms with van der Waals surface area (Å²) in [4.78, 5) is 34.5. The van der Waals surface area contributed by atoms with E-state index in [1.54, 1.807) is 73.1 Å². The second-order valence-electron chi connectivity index (χ2n) is 13.4. The average molecular weight is 801 g/mol. The van der Waals surface area contributed by atoms with Gasteiger partial charge in [-0.05, 0) is 84.9 Å². The van der Waals surface area contributed by atoms with E-state index >= 15 is 0 Å². The van der Waals surface area contributed by atoms with Crippen molar-refractivity contribution in [3.8, 4) is 11.5 Å². The van der Waals surface area contributed by atoms with Gasteiger partial charge >= 0.3 is 12.1 Å². The maximum Gasteiger partial charge on any atom is 0.414 e. The number of ether oxygens (including phenoxy) is 4. The molecule has 4 heterocycles. The Morgan fingerprint density at radius 2 is 1.61 bits per heavy atom. The Morgan fingerprint density at radius 3 is 2.22 bits per heavy atom. The summed E-state index contributed by atoms with van der Waals surface area (Å²) in [6, 6.07) is 18.9. The number of pyridine rings is 1. The van der Waals surface area contributed by atoms with Crippen LogP contribution in [-0.2, 0) is 38.0 Å². The van der Waals surface area contributed by atoms with Crippen molar-refractivity contribution in [1.29, 1.82) is 0 Å². The van der Waals surface area contributed by atoms with E-state index in [2.05, 4.69) is 9.88 Å². The third-order valence-electron chi connectivity index (χ3n) is 9.66. The molecule has 3 aromatic carbocycles. The lowest BCUT2D eigenvalue weighted by Crippen LogP contribution is -2.53. The molecule has 3 saturated heterocycles. The van der Waals surface area contributed by atoms with Crippen LogP contribution in [0.25, 0.3) is 0 Å². The number of sulfone groups is 1. The number of nitrogens with zero attached hydrogens (tertiary/aromatic N) is 2. The molecular formula is C39H43Cl2N3O9S. The van der Waals surface area contributed by atoms with E-state index in [4.69, 9.17) is 42.1 Å². The number of esters is 1. The highest BCUT2D eigenvalue weighted by atomic mass is 35.5. The van der Waals surface area contributed by atoms with E-state index in [1.165, 1.54) is 25.4 Å². The lowest BCUT2D eigenvalue weighted by Gasteiger charge is -2.44. The van der Waals surface area contributed by atoms with Crippen molar-refractivity contribution in [3.63, 3.8) is 0 Å². The minimum absolute atomic E-state index is 0. The summed E-state index contributed by atoms with van der Waals surface area (Å²) in [5.74, 6) is 0.556.